The number of nitrogens with zero attached hydrogens (tertiary/aromatic N) is 3. The van der Waals surface area contributed by atoms with Crippen molar-refractivity contribution in [1.29, 1.82) is 5.26 Å². The SMILES string of the molecule is CSC(=O)N(C)n1c(-c2ccc(Cl)cc2)c(C#N)c(Br)c1C(F)(F)F. The molecule has 0 spiro atoms. The zero-order valence-corrected chi connectivity index (χ0v) is 16.0. The number of rotatable bonds is 2. The first-order valence-electron chi connectivity index (χ1n) is 6.62. The van der Waals surface area contributed by atoms with Crippen molar-refractivity contribution >= 4 is 44.5 Å². The van der Waals surface area contributed by atoms with E-state index in [9.17, 15) is 23.2 Å². The lowest BCUT2D eigenvalue weighted by atomic mass is 10.1. The van der Waals surface area contributed by atoms with Crippen molar-refractivity contribution in [2.45, 2.75) is 6.18 Å². The van der Waals surface area contributed by atoms with E-state index in [1.165, 1.54) is 37.6 Å². The van der Waals surface area contributed by atoms with Gasteiger partial charge in [-0.05, 0) is 34.3 Å². The highest BCUT2D eigenvalue weighted by atomic mass is 79.9. The first-order chi connectivity index (χ1) is 11.6. The topological polar surface area (TPSA) is 49.0 Å². The molecule has 0 bridgehead atoms. The molecule has 132 valence electrons. The van der Waals surface area contributed by atoms with Crippen molar-refractivity contribution in [3.05, 3.63) is 45.0 Å². The van der Waals surface area contributed by atoms with Crippen LogP contribution in [0.15, 0.2) is 28.7 Å². The minimum absolute atomic E-state index is 0.0525. The molecule has 2 aromatic rings. The molecule has 0 fully saturated rings. The second-order valence-corrected chi connectivity index (χ2v) is 6.80. The van der Waals surface area contributed by atoms with Gasteiger partial charge in [0.15, 0.2) is 5.69 Å². The first kappa shape index (κ1) is 19.7. The molecule has 0 saturated carbocycles. The molecule has 0 N–H and O–H groups in total. The highest BCUT2D eigenvalue weighted by molar-refractivity contribution is 9.10. The van der Waals surface area contributed by atoms with Gasteiger partial charge in [-0.1, -0.05) is 35.5 Å². The van der Waals surface area contributed by atoms with Crippen molar-refractivity contribution in [2.24, 2.45) is 0 Å². The fourth-order valence-electron chi connectivity index (χ4n) is 2.27. The average molecular weight is 453 g/mol. The van der Waals surface area contributed by atoms with Gasteiger partial charge in [0.25, 0.3) is 5.24 Å². The number of halogens is 5. The van der Waals surface area contributed by atoms with Crippen LogP contribution in [0.5, 0.6) is 0 Å². The van der Waals surface area contributed by atoms with E-state index in [-0.39, 0.29) is 11.3 Å². The number of carbonyl (C=O) groups excluding carboxylic acids is 1. The minimum atomic E-state index is -4.79. The molecule has 0 aliphatic rings. The van der Waals surface area contributed by atoms with E-state index in [4.69, 9.17) is 11.6 Å². The first-order valence-corrected chi connectivity index (χ1v) is 9.02. The normalized spacial score (nSPS) is 11.3. The largest absolute Gasteiger partial charge is 0.434 e. The predicted octanol–water partition coefficient (Wildman–Crippen LogP) is 5.51. The molecule has 10 heteroatoms. The fourth-order valence-corrected chi connectivity index (χ4v) is 3.41. The quantitative estimate of drug-likeness (QED) is 0.603. The minimum Gasteiger partial charge on any atom is -0.260 e. The Morgan fingerprint density at radius 2 is 1.92 bits per heavy atom. The monoisotopic (exact) mass is 451 g/mol. The van der Waals surface area contributed by atoms with Gasteiger partial charge < -0.3 is 0 Å². The van der Waals surface area contributed by atoms with Crippen LogP contribution in [0.4, 0.5) is 18.0 Å². The third-order valence-corrected chi connectivity index (χ3v) is 4.96. The van der Waals surface area contributed by atoms with Gasteiger partial charge in [-0.3, -0.25) is 4.79 Å². The molecule has 1 aromatic heterocycles. The number of carbonyl (C=O) groups is 1. The van der Waals surface area contributed by atoms with E-state index < -0.39 is 21.6 Å². The van der Waals surface area contributed by atoms with E-state index in [1.807, 2.05) is 0 Å². The lowest BCUT2D eigenvalue weighted by Gasteiger charge is -2.24. The zero-order chi connectivity index (χ0) is 18.9. The maximum atomic E-state index is 13.6. The maximum absolute atomic E-state index is 13.6. The maximum Gasteiger partial charge on any atom is 0.434 e. The number of alkyl halides is 3. The summed E-state index contributed by atoms with van der Waals surface area (Å²) in [7, 11) is 1.21. The van der Waals surface area contributed by atoms with E-state index in [0.29, 0.717) is 15.3 Å². The van der Waals surface area contributed by atoms with Crippen LogP contribution >= 0.6 is 39.3 Å². The van der Waals surface area contributed by atoms with Crippen LogP contribution in [0.25, 0.3) is 11.3 Å². The van der Waals surface area contributed by atoms with Gasteiger partial charge >= 0.3 is 6.18 Å². The molecule has 0 aliphatic heterocycles. The number of hydrogen-bond donors (Lipinski definition) is 0. The summed E-state index contributed by atoms with van der Waals surface area (Å²) in [5.41, 5.74) is -1.10. The van der Waals surface area contributed by atoms with Crippen LogP contribution in [0.1, 0.15) is 11.3 Å². The molecular formula is C15H10BrClF3N3OS. The lowest BCUT2D eigenvalue weighted by molar-refractivity contribution is -0.143. The van der Waals surface area contributed by atoms with Crippen LogP contribution in [0, 0.1) is 11.3 Å². The smallest absolute Gasteiger partial charge is 0.260 e. The number of benzene rings is 1. The van der Waals surface area contributed by atoms with Gasteiger partial charge in [0.05, 0.1) is 15.7 Å². The zero-order valence-electron chi connectivity index (χ0n) is 12.9. The molecule has 1 heterocycles. The second kappa shape index (κ2) is 7.32. The summed E-state index contributed by atoms with van der Waals surface area (Å²) in [6.07, 6.45) is -3.33. The summed E-state index contributed by atoms with van der Waals surface area (Å²) < 4.78 is 41.1. The molecule has 0 saturated heterocycles. The molecule has 0 unspecified atom stereocenters. The lowest BCUT2D eigenvalue weighted by Crippen LogP contribution is -2.37. The van der Waals surface area contributed by atoms with Gasteiger partial charge in [0.1, 0.15) is 6.07 Å². The van der Waals surface area contributed by atoms with Gasteiger partial charge in [-0.2, -0.15) is 18.4 Å². The van der Waals surface area contributed by atoms with E-state index in [1.54, 1.807) is 6.07 Å². The molecule has 2 rings (SSSR count). The van der Waals surface area contributed by atoms with Crippen LogP contribution in [-0.2, 0) is 6.18 Å². The van der Waals surface area contributed by atoms with Crippen LogP contribution in [0.2, 0.25) is 5.02 Å². The summed E-state index contributed by atoms with van der Waals surface area (Å²) >= 11 is 9.45. The summed E-state index contributed by atoms with van der Waals surface area (Å²) in [4.78, 5) is 12.0. The van der Waals surface area contributed by atoms with Crippen LogP contribution in [-0.4, -0.2) is 23.2 Å². The molecule has 1 amide bonds. The van der Waals surface area contributed by atoms with Crippen LogP contribution < -0.4 is 5.01 Å². The van der Waals surface area contributed by atoms with Crippen molar-refractivity contribution in [1.82, 2.24) is 4.68 Å². The average Bonchev–Trinajstić information content (AvgIpc) is 2.86. The summed E-state index contributed by atoms with van der Waals surface area (Å²) in [5.74, 6) is 0. The third kappa shape index (κ3) is 3.66. The number of nitriles is 1. The van der Waals surface area contributed by atoms with Crippen molar-refractivity contribution in [2.75, 3.05) is 18.3 Å². The molecule has 4 nitrogen and oxygen atoms in total. The van der Waals surface area contributed by atoms with E-state index >= 15 is 0 Å². The predicted molar refractivity (Wildman–Crippen MR) is 95.3 cm³/mol. The van der Waals surface area contributed by atoms with Gasteiger partial charge in [-0.25, -0.2) is 9.69 Å². The Kier molecular flexibility index (Phi) is 5.76. The molecule has 1 aromatic carbocycles. The highest BCUT2D eigenvalue weighted by Crippen LogP contribution is 2.43. The fraction of sp³-hybridized carbons (Fsp3) is 0.200. The summed E-state index contributed by atoms with van der Waals surface area (Å²) in [6, 6.07) is 7.73. The summed E-state index contributed by atoms with van der Waals surface area (Å²) in [6.45, 7) is 0. The van der Waals surface area contributed by atoms with Gasteiger partial charge in [0.2, 0.25) is 0 Å². The molecule has 0 radical (unpaired) electrons. The Hall–Kier alpha value is -1.63. The Balaban J connectivity index is 2.92. The van der Waals surface area contributed by atoms with Crippen molar-refractivity contribution in [3.63, 3.8) is 0 Å². The van der Waals surface area contributed by atoms with Crippen LogP contribution in [0.3, 0.4) is 0 Å². The van der Waals surface area contributed by atoms with Gasteiger partial charge in [0, 0.05) is 17.6 Å². The highest BCUT2D eigenvalue weighted by Gasteiger charge is 2.42. The number of aromatic nitrogens is 1. The Morgan fingerprint density at radius 3 is 2.36 bits per heavy atom. The van der Waals surface area contributed by atoms with Gasteiger partial charge in [-0.15, -0.1) is 0 Å². The standard InChI is InChI=1S/C15H10BrClF3N3OS/c1-22(14(24)25-2)23-12(8-3-5-9(17)6-4-8)10(7-21)11(16)13(23)15(18,19)20/h3-6H,1-2H3. The molecule has 0 aliphatic carbocycles. The summed E-state index contributed by atoms with van der Waals surface area (Å²) in [5, 5.41) is 10.00. The Labute approximate surface area is 159 Å². The number of thioether (sulfide) groups is 1. The third-order valence-electron chi connectivity index (χ3n) is 3.32. The molecule has 0 atom stereocenters. The second-order valence-electron chi connectivity index (χ2n) is 4.81. The van der Waals surface area contributed by atoms with Crippen molar-refractivity contribution < 1.29 is 18.0 Å². The Morgan fingerprint density at radius 1 is 1.36 bits per heavy atom. The molecule has 25 heavy (non-hydrogen) atoms. The van der Waals surface area contributed by atoms with E-state index in [2.05, 4.69) is 15.9 Å². The number of amides is 1. The number of hydrogen-bond acceptors (Lipinski definition) is 3. The Bertz CT molecular complexity index is 859. The van der Waals surface area contributed by atoms with Crippen molar-refractivity contribution in [3.8, 4) is 17.3 Å². The molecular weight excluding hydrogens is 443 g/mol. The van der Waals surface area contributed by atoms with E-state index in [0.717, 1.165) is 16.8 Å².